The molecule has 1 aromatic carbocycles. The van der Waals surface area contributed by atoms with Gasteiger partial charge in [0.25, 0.3) is 0 Å². The molecule has 58 valence electrons. The van der Waals surface area contributed by atoms with E-state index < -0.39 is 0 Å². The van der Waals surface area contributed by atoms with Gasteiger partial charge >= 0.3 is 0 Å². The Morgan fingerprint density at radius 3 is 2.64 bits per heavy atom. The molecule has 0 amide bonds. The predicted octanol–water partition coefficient (Wildman–Crippen LogP) is 2.13. The Morgan fingerprint density at radius 2 is 1.91 bits per heavy atom. The second-order valence-corrected chi connectivity index (χ2v) is 2.51. The molecular weight excluding hydrogens is 158 g/mol. The van der Waals surface area contributed by atoms with Crippen molar-refractivity contribution in [3.63, 3.8) is 0 Å². The van der Waals surface area contributed by atoms with E-state index in [-0.39, 0.29) is 18.4 Å². The zero-order chi connectivity index (χ0) is 6.97. The fourth-order valence-electron chi connectivity index (χ4n) is 1.28. The van der Waals surface area contributed by atoms with E-state index in [2.05, 4.69) is 18.2 Å². The van der Waals surface area contributed by atoms with Crippen LogP contribution in [0, 0.1) is 0 Å². The van der Waals surface area contributed by atoms with E-state index in [4.69, 9.17) is 5.73 Å². The molecule has 2 heteroatoms. The van der Waals surface area contributed by atoms with E-state index in [0.717, 1.165) is 0 Å². The highest BCUT2D eigenvalue weighted by Crippen LogP contribution is 2.24. The van der Waals surface area contributed by atoms with E-state index in [1.807, 2.05) is 18.2 Å². The van der Waals surface area contributed by atoms with Crippen LogP contribution in [0.4, 0.5) is 0 Å². The average molecular weight is 168 g/mol. The lowest BCUT2D eigenvalue weighted by molar-refractivity contribution is 0.931. The van der Waals surface area contributed by atoms with Crippen molar-refractivity contribution in [1.82, 2.24) is 0 Å². The second kappa shape index (κ2) is 3.07. The third-order valence-corrected chi connectivity index (χ3v) is 1.84. The molecule has 0 aliphatic heterocycles. The van der Waals surface area contributed by atoms with Gasteiger partial charge < -0.3 is 5.73 Å². The van der Waals surface area contributed by atoms with Crippen molar-refractivity contribution < 1.29 is 0 Å². The van der Waals surface area contributed by atoms with Gasteiger partial charge in [0.1, 0.15) is 0 Å². The lowest BCUT2D eigenvalue weighted by Gasteiger charge is -2.01. The first-order valence-electron chi connectivity index (χ1n) is 3.40. The molecule has 1 aromatic rings. The quantitative estimate of drug-likeness (QED) is 0.630. The fraction of sp³-hybridized carbons (Fsp3) is 0.111. The predicted molar refractivity (Wildman–Crippen MR) is 49.7 cm³/mol. The first kappa shape index (κ1) is 8.31. The smallest absolute Gasteiger partial charge is 0.0490 e. The fourth-order valence-corrected chi connectivity index (χ4v) is 1.28. The Labute approximate surface area is 72.3 Å². The zero-order valence-corrected chi connectivity index (χ0v) is 6.84. The van der Waals surface area contributed by atoms with Crippen molar-refractivity contribution in [3.8, 4) is 0 Å². The topological polar surface area (TPSA) is 26.0 Å². The number of fused-ring (bicyclic) bond motifs is 1. The molecule has 0 aromatic heterocycles. The van der Waals surface area contributed by atoms with Gasteiger partial charge in [-0.15, -0.1) is 12.4 Å². The second-order valence-electron chi connectivity index (χ2n) is 2.51. The van der Waals surface area contributed by atoms with Crippen LogP contribution in [-0.4, -0.2) is 0 Å². The molecule has 0 heterocycles. The highest BCUT2D eigenvalue weighted by Gasteiger charge is 2.10. The van der Waals surface area contributed by atoms with Crippen molar-refractivity contribution in [2.75, 3.05) is 0 Å². The van der Waals surface area contributed by atoms with Crippen LogP contribution in [0.25, 0.3) is 6.08 Å². The summed E-state index contributed by atoms with van der Waals surface area (Å²) < 4.78 is 0. The van der Waals surface area contributed by atoms with Crippen molar-refractivity contribution >= 4 is 18.5 Å². The number of hydrogen-bond donors (Lipinski definition) is 1. The minimum absolute atomic E-state index is 0. The number of hydrogen-bond acceptors (Lipinski definition) is 1. The lowest BCUT2D eigenvalue weighted by atomic mass is 10.1. The summed E-state index contributed by atoms with van der Waals surface area (Å²) in [4.78, 5) is 0. The van der Waals surface area contributed by atoms with Gasteiger partial charge in [0, 0.05) is 6.04 Å². The van der Waals surface area contributed by atoms with Gasteiger partial charge in [0.05, 0.1) is 0 Å². The Bertz CT molecular complexity index is 281. The third kappa shape index (κ3) is 1.30. The maximum absolute atomic E-state index is 5.76. The van der Waals surface area contributed by atoms with Gasteiger partial charge in [-0.1, -0.05) is 36.4 Å². The number of rotatable bonds is 0. The van der Waals surface area contributed by atoms with Crippen LogP contribution in [0.2, 0.25) is 0 Å². The van der Waals surface area contributed by atoms with E-state index in [0.29, 0.717) is 0 Å². The minimum Gasteiger partial charge on any atom is -0.321 e. The van der Waals surface area contributed by atoms with Crippen LogP contribution in [-0.2, 0) is 0 Å². The van der Waals surface area contributed by atoms with Crippen molar-refractivity contribution in [1.29, 1.82) is 0 Å². The molecule has 2 N–H and O–H groups in total. The Morgan fingerprint density at radius 1 is 1.18 bits per heavy atom. The average Bonchev–Trinajstić information content (AvgIpc) is 2.34. The molecule has 0 bridgehead atoms. The summed E-state index contributed by atoms with van der Waals surface area (Å²) >= 11 is 0. The Kier molecular flexibility index (Phi) is 2.32. The van der Waals surface area contributed by atoms with Crippen LogP contribution in [0.15, 0.2) is 30.3 Å². The van der Waals surface area contributed by atoms with Crippen LogP contribution in [0.3, 0.4) is 0 Å². The normalized spacial score (nSPS) is 19.2. The molecule has 11 heavy (non-hydrogen) atoms. The van der Waals surface area contributed by atoms with Crippen molar-refractivity contribution in [2.24, 2.45) is 5.73 Å². The summed E-state index contributed by atoms with van der Waals surface area (Å²) in [7, 11) is 0. The summed E-state index contributed by atoms with van der Waals surface area (Å²) in [5, 5.41) is 0. The minimum atomic E-state index is 0. The van der Waals surface area contributed by atoms with E-state index >= 15 is 0 Å². The summed E-state index contributed by atoms with van der Waals surface area (Å²) in [6.07, 6.45) is 4.09. The maximum Gasteiger partial charge on any atom is 0.0490 e. The highest BCUT2D eigenvalue weighted by atomic mass is 35.5. The molecule has 0 spiro atoms. The van der Waals surface area contributed by atoms with Gasteiger partial charge in [0.15, 0.2) is 0 Å². The molecule has 2 rings (SSSR count). The van der Waals surface area contributed by atoms with E-state index in [1.54, 1.807) is 0 Å². The standard InChI is InChI=1S/C9H9N.ClH/c10-9-6-5-7-3-1-2-4-8(7)9;/h1-6,9H,10H2;1H/t9-;/m1./s1. The van der Waals surface area contributed by atoms with Gasteiger partial charge in [-0.3, -0.25) is 0 Å². The molecule has 0 radical (unpaired) electrons. The van der Waals surface area contributed by atoms with E-state index in [9.17, 15) is 0 Å². The van der Waals surface area contributed by atoms with Gasteiger partial charge in [-0.2, -0.15) is 0 Å². The molecule has 1 atom stereocenters. The van der Waals surface area contributed by atoms with E-state index in [1.165, 1.54) is 11.1 Å². The molecule has 0 unspecified atom stereocenters. The first-order chi connectivity index (χ1) is 4.88. The largest absolute Gasteiger partial charge is 0.321 e. The monoisotopic (exact) mass is 167 g/mol. The van der Waals surface area contributed by atoms with Crippen molar-refractivity contribution in [2.45, 2.75) is 6.04 Å². The van der Waals surface area contributed by atoms with Crippen LogP contribution >= 0.6 is 12.4 Å². The van der Waals surface area contributed by atoms with Gasteiger partial charge in [-0.25, -0.2) is 0 Å². The first-order valence-corrected chi connectivity index (χ1v) is 3.40. The number of nitrogens with two attached hydrogens (primary N) is 1. The Balaban J connectivity index is 0.000000605. The highest BCUT2D eigenvalue weighted by molar-refractivity contribution is 5.85. The van der Waals surface area contributed by atoms with Gasteiger partial charge in [0.2, 0.25) is 0 Å². The van der Waals surface area contributed by atoms with Crippen LogP contribution in [0.5, 0.6) is 0 Å². The molecule has 1 aliphatic rings. The van der Waals surface area contributed by atoms with Crippen LogP contribution in [0.1, 0.15) is 17.2 Å². The molecular formula is C9H10ClN. The molecule has 0 fully saturated rings. The number of halogens is 1. The molecule has 1 nitrogen and oxygen atoms in total. The molecule has 0 saturated heterocycles. The van der Waals surface area contributed by atoms with Crippen molar-refractivity contribution in [3.05, 3.63) is 41.5 Å². The SMILES string of the molecule is Cl.N[C@@H]1C=Cc2ccccc21. The Hall–Kier alpha value is -0.790. The van der Waals surface area contributed by atoms with Gasteiger partial charge in [-0.05, 0) is 11.1 Å². The zero-order valence-electron chi connectivity index (χ0n) is 6.03. The lowest BCUT2D eigenvalue weighted by Crippen LogP contribution is -2.03. The molecule has 1 aliphatic carbocycles. The van der Waals surface area contributed by atoms with Crippen LogP contribution < -0.4 is 5.73 Å². The summed E-state index contributed by atoms with van der Waals surface area (Å²) in [5.41, 5.74) is 8.26. The third-order valence-electron chi connectivity index (χ3n) is 1.84. The summed E-state index contributed by atoms with van der Waals surface area (Å²) in [5.74, 6) is 0. The molecule has 0 saturated carbocycles. The maximum atomic E-state index is 5.76. The summed E-state index contributed by atoms with van der Waals surface area (Å²) in [6.45, 7) is 0. The number of benzene rings is 1. The summed E-state index contributed by atoms with van der Waals surface area (Å²) in [6, 6.07) is 8.32.